The maximum atomic E-state index is 12.4. The molecule has 1 aromatic rings. The number of nitrogens with zero attached hydrogens (tertiary/aromatic N) is 3. The van der Waals surface area contributed by atoms with Gasteiger partial charge in [-0.05, 0) is 25.0 Å². The van der Waals surface area contributed by atoms with Crippen molar-refractivity contribution in [1.29, 1.82) is 5.26 Å². The maximum Gasteiger partial charge on any atom is 0.245 e. The van der Waals surface area contributed by atoms with Crippen LogP contribution in [0.2, 0.25) is 0 Å². The van der Waals surface area contributed by atoms with Crippen molar-refractivity contribution in [2.24, 2.45) is 0 Å². The molecule has 1 unspecified atom stereocenters. The van der Waals surface area contributed by atoms with Gasteiger partial charge in [-0.25, -0.2) is 13.4 Å². The van der Waals surface area contributed by atoms with Crippen molar-refractivity contribution in [2.45, 2.75) is 23.8 Å². The van der Waals surface area contributed by atoms with Crippen molar-refractivity contribution < 1.29 is 13.2 Å². The number of likely N-dealkylation sites (N-methyl/N-ethyl adjacent to an activating group) is 1. The van der Waals surface area contributed by atoms with Crippen molar-refractivity contribution >= 4 is 10.0 Å². The summed E-state index contributed by atoms with van der Waals surface area (Å²) in [7, 11) is -2.21. The number of hydrogen-bond acceptors (Lipinski definition) is 5. The van der Waals surface area contributed by atoms with Gasteiger partial charge in [-0.2, -0.15) is 9.57 Å². The van der Waals surface area contributed by atoms with Crippen LogP contribution in [0.25, 0.3) is 0 Å². The molecule has 1 aliphatic rings. The average Bonchev–Trinajstić information content (AvgIpc) is 2.91. The first kappa shape index (κ1) is 13.9. The van der Waals surface area contributed by atoms with Gasteiger partial charge in [-0.1, -0.05) is 0 Å². The predicted molar refractivity (Wildman–Crippen MR) is 67.7 cm³/mol. The first-order valence-corrected chi connectivity index (χ1v) is 7.43. The molecule has 0 aliphatic carbocycles. The third-order valence-corrected chi connectivity index (χ3v) is 4.90. The quantitative estimate of drug-likeness (QED) is 0.813. The number of nitriles is 1. The van der Waals surface area contributed by atoms with Crippen LogP contribution in [0.5, 0.6) is 0 Å². The average molecular weight is 281 g/mol. The summed E-state index contributed by atoms with van der Waals surface area (Å²) in [5.41, 5.74) is -0.0818. The van der Waals surface area contributed by atoms with Gasteiger partial charge in [-0.15, -0.1) is 0 Å². The zero-order valence-electron chi connectivity index (χ0n) is 10.6. The van der Waals surface area contributed by atoms with Crippen LogP contribution < -0.4 is 0 Å². The molecule has 0 aromatic carbocycles. The van der Waals surface area contributed by atoms with Crippen LogP contribution in [0.1, 0.15) is 18.5 Å². The molecule has 0 bridgehead atoms. The molecule has 19 heavy (non-hydrogen) atoms. The number of pyridine rings is 1. The number of hydrogen-bond donors (Lipinski definition) is 0. The van der Waals surface area contributed by atoms with Crippen LogP contribution in [0.15, 0.2) is 23.2 Å². The minimum atomic E-state index is -3.70. The number of aromatic nitrogens is 1. The third-order valence-electron chi connectivity index (χ3n) is 3.05. The monoisotopic (exact) mass is 281 g/mol. The van der Waals surface area contributed by atoms with E-state index >= 15 is 0 Å². The van der Waals surface area contributed by atoms with E-state index in [1.54, 1.807) is 6.07 Å². The van der Waals surface area contributed by atoms with Gasteiger partial charge in [0.1, 0.15) is 11.0 Å². The highest BCUT2D eigenvalue weighted by atomic mass is 32.2. The van der Waals surface area contributed by atoms with E-state index in [1.165, 1.54) is 29.7 Å². The van der Waals surface area contributed by atoms with Crippen LogP contribution in [0.3, 0.4) is 0 Å². The van der Waals surface area contributed by atoms with E-state index in [2.05, 4.69) is 4.98 Å². The van der Waals surface area contributed by atoms with E-state index in [-0.39, 0.29) is 16.7 Å². The Balaban J connectivity index is 2.23. The normalized spacial score (nSPS) is 19.5. The Morgan fingerprint density at radius 3 is 3.05 bits per heavy atom. The van der Waals surface area contributed by atoms with E-state index in [0.717, 1.165) is 12.8 Å². The molecule has 0 radical (unpaired) electrons. The summed E-state index contributed by atoms with van der Waals surface area (Å²) in [5, 5.41) is 8.93. The van der Waals surface area contributed by atoms with Gasteiger partial charge in [-0.3, -0.25) is 0 Å². The standard InChI is InChI=1S/C12H15N3O3S/c1-15(9-10-4-3-7-18-10)19(16,17)12-5-2-6-14-11(12)8-13/h2,5-6,10H,3-4,7,9H2,1H3. The smallest absolute Gasteiger partial charge is 0.245 e. The molecule has 0 saturated carbocycles. The lowest BCUT2D eigenvalue weighted by atomic mass is 10.2. The molecule has 102 valence electrons. The summed E-state index contributed by atoms with van der Waals surface area (Å²) in [6, 6.07) is 4.71. The van der Waals surface area contributed by atoms with Crippen molar-refractivity contribution in [3.63, 3.8) is 0 Å². The summed E-state index contributed by atoms with van der Waals surface area (Å²) < 4.78 is 31.4. The van der Waals surface area contributed by atoms with Gasteiger partial charge in [0.15, 0.2) is 5.69 Å². The predicted octanol–water partition coefficient (Wildman–Crippen LogP) is 0.753. The van der Waals surface area contributed by atoms with Crippen LogP contribution in [-0.2, 0) is 14.8 Å². The SMILES string of the molecule is CN(CC1CCCO1)S(=O)(=O)c1cccnc1C#N. The molecule has 0 N–H and O–H groups in total. The molecule has 0 amide bonds. The summed E-state index contributed by atoms with van der Waals surface area (Å²) in [6.07, 6.45) is 3.15. The first-order chi connectivity index (χ1) is 9.05. The van der Waals surface area contributed by atoms with E-state index in [0.29, 0.717) is 13.2 Å². The maximum absolute atomic E-state index is 12.4. The molecule has 2 rings (SSSR count). The molecular formula is C12H15N3O3S. The van der Waals surface area contributed by atoms with E-state index in [4.69, 9.17) is 10.00 Å². The fourth-order valence-corrected chi connectivity index (χ4v) is 3.32. The lowest BCUT2D eigenvalue weighted by Gasteiger charge is -2.20. The molecular weight excluding hydrogens is 266 g/mol. The summed E-state index contributed by atoms with van der Waals surface area (Å²) in [4.78, 5) is 3.72. The summed E-state index contributed by atoms with van der Waals surface area (Å²) >= 11 is 0. The summed E-state index contributed by atoms with van der Waals surface area (Å²) in [6.45, 7) is 0.969. The topological polar surface area (TPSA) is 83.3 Å². The molecule has 2 heterocycles. The van der Waals surface area contributed by atoms with Gasteiger partial charge in [0.05, 0.1) is 6.10 Å². The number of rotatable bonds is 4. The Labute approximate surface area is 112 Å². The molecule has 6 nitrogen and oxygen atoms in total. The Morgan fingerprint density at radius 2 is 2.42 bits per heavy atom. The van der Waals surface area contributed by atoms with Crippen molar-refractivity contribution in [2.75, 3.05) is 20.2 Å². The number of sulfonamides is 1. The van der Waals surface area contributed by atoms with Gasteiger partial charge >= 0.3 is 0 Å². The molecule has 1 aromatic heterocycles. The van der Waals surface area contributed by atoms with Gasteiger partial charge < -0.3 is 4.74 Å². The first-order valence-electron chi connectivity index (χ1n) is 5.99. The van der Waals surface area contributed by atoms with Crippen molar-refractivity contribution in [1.82, 2.24) is 9.29 Å². The zero-order valence-corrected chi connectivity index (χ0v) is 11.4. The van der Waals surface area contributed by atoms with Gasteiger partial charge in [0.25, 0.3) is 0 Å². The van der Waals surface area contributed by atoms with E-state index < -0.39 is 10.0 Å². The third kappa shape index (κ3) is 2.92. The Bertz CT molecular complexity index is 588. The largest absolute Gasteiger partial charge is 0.377 e. The highest BCUT2D eigenvalue weighted by Gasteiger charge is 2.28. The van der Waals surface area contributed by atoms with Crippen molar-refractivity contribution in [3.05, 3.63) is 24.0 Å². The molecule has 1 saturated heterocycles. The Hall–Kier alpha value is -1.49. The highest BCUT2D eigenvalue weighted by Crippen LogP contribution is 2.20. The molecule has 1 fully saturated rings. The van der Waals surface area contributed by atoms with Crippen LogP contribution in [0.4, 0.5) is 0 Å². The fraction of sp³-hybridized carbons (Fsp3) is 0.500. The van der Waals surface area contributed by atoms with Crippen LogP contribution in [0, 0.1) is 11.3 Å². The van der Waals surface area contributed by atoms with Crippen molar-refractivity contribution in [3.8, 4) is 6.07 Å². The van der Waals surface area contributed by atoms with E-state index in [9.17, 15) is 8.42 Å². The Kier molecular flexibility index (Phi) is 4.14. The van der Waals surface area contributed by atoms with E-state index in [1.807, 2.05) is 0 Å². The second kappa shape index (κ2) is 5.65. The van der Waals surface area contributed by atoms with Crippen LogP contribution >= 0.6 is 0 Å². The lowest BCUT2D eigenvalue weighted by molar-refractivity contribution is 0.0979. The zero-order chi connectivity index (χ0) is 13.9. The van der Waals surface area contributed by atoms with Gasteiger partial charge in [0.2, 0.25) is 10.0 Å². The minimum absolute atomic E-state index is 0.0574. The fourth-order valence-electron chi connectivity index (χ4n) is 2.02. The molecule has 1 atom stereocenters. The second-order valence-electron chi connectivity index (χ2n) is 4.38. The van der Waals surface area contributed by atoms with Gasteiger partial charge in [0, 0.05) is 26.4 Å². The summed E-state index contributed by atoms with van der Waals surface area (Å²) in [5.74, 6) is 0. The highest BCUT2D eigenvalue weighted by molar-refractivity contribution is 7.89. The molecule has 1 aliphatic heterocycles. The second-order valence-corrected chi connectivity index (χ2v) is 6.40. The number of ether oxygens (including phenoxy) is 1. The molecule has 0 spiro atoms. The van der Waals surface area contributed by atoms with Crippen LogP contribution in [-0.4, -0.2) is 44.0 Å². The minimum Gasteiger partial charge on any atom is -0.377 e. The lowest BCUT2D eigenvalue weighted by Crippen LogP contribution is -2.34. The Morgan fingerprint density at radius 1 is 1.63 bits per heavy atom. The molecule has 7 heteroatoms.